The van der Waals surface area contributed by atoms with Crippen molar-refractivity contribution in [3.05, 3.63) is 64.0 Å². The lowest BCUT2D eigenvalue weighted by Gasteiger charge is -2.08. The fraction of sp³-hybridized carbons (Fsp3) is 0.158. The van der Waals surface area contributed by atoms with Crippen LogP contribution < -0.4 is 11.1 Å². The molecule has 4 nitrogen and oxygen atoms in total. The highest BCUT2D eigenvalue weighted by Gasteiger charge is 2.26. The summed E-state index contributed by atoms with van der Waals surface area (Å²) >= 11 is 1.47. The number of carbonyl (C=O) groups excluding carboxylic acids is 2. The normalized spacial score (nSPS) is 13.0. The molecule has 120 valence electrons. The van der Waals surface area contributed by atoms with Crippen molar-refractivity contribution in [3.8, 4) is 0 Å². The molecule has 24 heavy (non-hydrogen) atoms. The maximum Gasteiger partial charge on any atom is 0.256 e. The monoisotopic (exact) mass is 336 g/mol. The number of amides is 2. The largest absolute Gasteiger partial charge is 0.365 e. The van der Waals surface area contributed by atoms with Crippen LogP contribution in [0.5, 0.6) is 0 Å². The number of nitrogens with one attached hydrogen (secondary N) is 1. The average Bonchev–Trinajstić information content (AvgIpc) is 3.14. The molecule has 4 rings (SSSR count). The molecule has 0 radical (unpaired) electrons. The van der Waals surface area contributed by atoms with Crippen molar-refractivity contribution in [1.29, 1.82) is 0 Å². The second-order valence-corrected chi connectivity index (χ2v) is 7.01. The van der Waals surface area contributed by atoms with Gasteiger partial charge in [-0.25, -0.2) is 0 Å². The van der Waals surface area contributed by atoms with Gasteiger partial charge in [-0.1, -0.05) is 36.4 Å². The molecular weight excluding hydrogens is 320 g/mol. The molecule has 3 N–H and O–H groups in total. The number of anilines is 1. The predicted octanol–water partition coefficient (Wildman–Crippen LogP) is 3.74. The number of hydrogen-bond donors (Lipinski definition) is 2. The van der Waals surface area contributed by atoms with E-state index in [2.05, 4.69) is 5.32 Å². The van der Waals surface area contributed by atoms with Crippen molar-refractivity contribution >= 4 is 38.9 Å². The van der Waals surface area contributed by atoms with Crippen LogP contribution in [0.4, 0.5) is 5.00 Å². The van der Waals surface area contributed by atoms with Crippen LogP contribution in [-0.4, -0.2) is 11.8 Å². The van der Waals surface area contributed by atoms with Gasteiger partial charge in [-0.05, 0) is 41.7 Å². The number of benzene rings is 2. The lowest BCUT2D eigenvalue weighted by molar-refractivity contribution is 0.100. The molecule has 0 spiro atoms. The van der Waals surface area contributed by atoms with Gasteiger partial charge in [0, 0.05) is 10.4 Å². The fourth-order valence-electron chi connectivity index (χ4n) is 3.35. The zero-order valence-electron chi connectivity index (χ0n) is 13.0. The summed E-state index contributed by atoms with van der Waals surface area (Å²) in [5, 5.41) is 5.38. The van der Waals surface area contributed by atoms with Gasteiger partial charge < -0.3 is 11.1 Å². The van der Waals surface area contributed by atoms with Crippen molar-refractivity contribution in [2.75, 3.05) is 5.32 Å². The van der Waals surface area contributed by atoms with E-state index in [1.807, 2.05) is 36.4 Å². The smallest absolute Gasteiger partial charge is 0.256 e. The van der Waals surface area contributed by atoms with Crippen molar-refractivity contribution in [1.82, 2.24) is 0 Å². The molecule has 0 saturated heterocycles. The third kappa shape index (κ3) is 2.37. The molecule has 0 saturated carbocycles. The van der Waals surface area contributed by atoms with Gasteiger partial charge in [0.05, 0.1) is 5.56 Å². The van der Waals surface area contributed by atoms with E-state index >= 15 is 0 Å². The van der Waals surface area contributed by atoms with Gasteiger partial charge >= 0.3 is 0 Å². The molecule has 0 fully saturated rings. The van der Waals surface area contributed by atoms with Gasteiger partial charge in [-0.3, -0.25) is 9.59 Å². The summed E-state index contributed by atoms with van der Waals surface area (Å²) in [4.78, 5) is 25.8. The van der Waals surface area contributed by atoms with Crippen LogP contribution in [0.3, 0.4) is 0 Å². The van der Waals surface area contributed by atoms with E-state index in [1.165, 1.54) is 11.3 Å². The lowest BCUT2D eigenvalue weighted by Crippen LogP contribution is -2.18. The van der Waals surface area contributed by atoms with Crippen molar-refractivity contribution < 1.29 is 9.59 Å². The molecule has 5 heteroatoms. The second kappa shape index (κ2) is 5.76. The maximum atomic E-state index is 12.8. The molecule has 2 amide bonds. The number of fused-ring (bicyclic) bond motifs is 2. The standard InChI is InChI=1S/C19H16N2O2S/c20-17(22)16-14-9-4-10-15(14)24-19(16)21-18(23)13-8-3-6-11-5-1-2-7-12(11)13/h1-3,5-8H,4,9-10H2,(H2,20,22)(H,21,23). The quantitative estimate of drug-likeness (QED) is 0.765. The number of thiophene rings is 1. The zero-order chi connectivity index (χ0) is 16.7. The Bertz CT molecular complexity index is 969. The predicted molar refractivity (Wildman–Crippen MR) is 96.8 cm³/mol. The highest BCUT2D eigenvalue weighted by molar-refractivity contribution is 7.17. The second-order valence-electron chi connectivity index (χ2n) is 5.91. The van der Waals surface area contributed by atoms with E-state index in [9.17, 15) is 9.59 Å². The number of carbonyl (C=O) groups is 2. The van der Waals surface area contributed by atoms with Gasteiger partial charge in [0.25, 0.3) is 11.8 Å². The Kier molecular flexibility index (Phi) is 3.58. The molecule has 1 aliphatic carbocycles. The number of nitrogens with two attached hydrogens (primary N) is 1. The van der Waals surface area contributed by atoms with Crippen molar-refractivity contribution in [3.63, 3.8) is 0 Å². The molecule has 1 aromatic heterocycles. The highest BCUT2D eigenvalue weighted by Crippen LogP contribution is 2.39. The fourth-order valence-corrected chi connectivity index (χ4v) is 4.64. The van der Waals surface area contributed by atoms with Crippen LogP contribution in [0, 0.1) is 0 Å². The Morgan fingerprint density at radius 2 is 1.83 bits per heavy atom. The number of rotatable bonds is 3. The van der Waals surface area contributed by atoms with E-state index in [0.717, 1.165) is 40.5 Å². The molecule has 3 aromatic rings. The topological polar surface area (TPSA) is 72.2 Å². The summed E-state index contributed by atoms with van der Waals surface area (Å²) in [6, 6.07) is 13.4. The van der Waals surface area contributed by atoms with Crippen LogP contribution in [0.1, 0.15) is 37.6 Å². The van der Waals surface area contributed by atoms with Gasteiger partial charge in [0.2, 0.25) is 0 Å². The van der Waals surface area contributed by atoms with Crippen LogP contribution in [-0.2, 0) is 12.8 Å². The SMILES string of the molecule is NC(=O)c1c(NC(=O)c2cccc3ccccc23)sc2c1CCC2. The van der Waals surface area contributed by atoms with Gasteiger partial charge in [-0.2, -0.15) is 0 Å². The minimum absolute atomic E-state index is 0.214. The van der Waals surface area contributed by atoms with E-state index in [-0.39, 0.29) is 5.91 Å². The van der Waals surface area contributed by atoms with Crippen molar-refractivity contribution in [2.45, 2.75) is 19.3 Å². The average molecular weight is 336 g/mol. The molecule has 0 unspecified atom stereocenters. The first-order chi connectivity index (χ1) is 11.6. The zero-order valence-corrected chi connectivity index (χ0v) is 13.8. The Balaban J connectivity index is 1.73. The Hall–Kier alpha value is -2.66. The minimum atomic E-state index is -0.470. The first-order valence-electron chi connectivity index (χ1n) is 7.88. The number of hydrogen-bond acceptors (Lipinski definition) is 3. The van der Waals surface area contributed by atoms with Crippen molar-refractivity contribution in [2.24, 2.45) is 5.73 Å². The van der Waals surface area contributed by atoms with E-state index < -0.39 is 5.91 Å². The van der Waals surface area contributed by atoms with Crippen LogP contribution in [0.2, 0.25) is 0 Å². The van der Waals surface area contributed by atoms with E-state index in [4.69, 9.17) is 5.73 Å². The minimum Gasteiger partial charge on any atom is -0.365 e. The maximum absolute atomic E-state index is 12.8. The summed E-state index contributed by atoms with van der Waals surface area (Å²) < 4.78 is 0. The Morgan fingerprint density at radius 3 is 2.67 bits per heavy atom. The van der Waals surface area contributed by atoms with Gasteiger partial charge in [0.1, 0.15) is 5.00 Å². The third-order valence-corrected chi connectivity index (χ3v) is 5.64. The molecule has 0 aliphatic heterocycles. The summed E-state index contributed by atoms with van der Waals surface area (Å²) in [6.07, 6.45) is 2.84. The molecule has 0 bridgehead atoms. The highest BCUT2D eigenvalue weighted by atomic mass is 32.1. The van der Waals surface area contributed by atoms with E-state index in [0.29, 0.717) is 16.1 Å². The lowest BCUT2D eigenvalue weighted by atomic mass is 10.0. The molecule has 0 atom stereocenters. The van der Waals surface area contributed by atoms with Crippen LogP contribution >= 0.6 is 11.3 Å². The molecular formula is C19H16N2O2S. The summed E-state index contributed by atoms with van der Waals surface area (Å²) in [5.41, 5.74) is 7.65. The molecule has 2 aromatic carbocycles. The summed E-state index contributed by atoms with van der Waals surface area (Å²) in [7, 11) is 0. The number of primary amides is 1. The van der Waals surface area contributed by atoms with Gasteiger partial charge in [0.15, 0.2) is 0 Å². The third-order valence-electron chi connectivity index (χ3n) is 4.43. The Labute approximate surface area is 143 Å². The first kappa shape index (κ1) is 14.9. The van der Waals surface area contributed by atoms with Crippen LogP contribution in [0.25, 0.3) is 10.8 Å². The molecule has 1 heterocycles. The first-order valence-corrected chi connectivity index (χ1v) is 8.70. The Morgan fingerprint density at radius 1 is 1.04 bits per heavy atom. The summed E-state index contributed by atoms with van der Waals surface area (Å²) in [5.74, 6) is -0.683. The molecule has 1 aliphatic rings. The van der Waals surface area contributed by atoms with Gasteiger partial charge in [-0.15, -0.1) is 11.3 Å². The number of aryl methyl sites for hydroxylation is 1. The van der Waals surface area contributed by atoms with Crippen LogP contribution in [0.15, 0.2) is 42.5 Å². The summed E-state index contributed by atoms with van der Waals surface area (Å²) in [6.45, 7) is 0. The van der Waals surface area contributed by atoms with E-state index in [1.54, 1.807) is 6.07 Å².